The molecule has 0 aromatic heterocycles. The predicted octanol–water partition coefficient (Wildman–Crippen LogP) is 4.58. The van der Waals surface area contributed by atoms with Gasteiger partial charge < -0.3 is 5.73 Å². The first-order chi connectivity index (χ1) is 9.34. The van der Waals surface area contributed by atoms with Crippen LogP contribution in [0.1, 0.15) is 44.7 Å². The largest absolute Gasteiger partial charge is 0.325 e. The highest BCUT2D eigenvalue weighted by atomic mass is 14.8. The zero-order valence-electron chi connectivity index (χ0n) is 12.9. The van der Waals surface area contributed by atoms with Crippen molar-refractivity contribution in [3.8, 4) is 0 Å². The molecule has 2 aromatic rings. The lowest BCUT2D eigenvalue weighted by Gasteiger charge is -2.45. The third kappa shape index (κ3) is 2.78. The average molecular weight is 267 g/mol. The summed E-state index contributed by atoms with van der Waals surface area (Å²) in [5.41, 5.74) is 8.80. The first-order valence-electron chi connectivity index (χ1n) is 7.23. The van der Waals surface area contributed by atoms with E-state index >= 15 is 0 Å². The zero-order chi connectivity index (χ0) is 14.8. The van der Waals surface area contributed by atoms with Gasteiger partial charge in [0.15, 0.2) is 0 Å². The molecule has 0 aliphatic rings. The smallest absolute Gasteiger partial charge is 0.0158 e. The minimum atomic E-state index is -0.274. The van der Waals surface area contributed by atoms with Gasteiger partial charge in [-0.3, -0.25) is 0 Å². The molecule has 1 heteroatoms. The Labute approximate surface area is 122 Å². The van der Waals surface area contributed by atoms with Gasteiger partial charge in [0.2, 0.25) is 0 Å². The maximum Gasteiger partial charge on any atom is 0.0158 e. The van der Waals surface area contributed by atoms with Gasteiger partial charge in [0.25, 0.3) is 0 Å². The summed E-state index contributed by atoms with van der Waals surface area (Å²) in [7, 11) is 0. The lowest BCUT2D eigenvalue weighted by Crippen LogP contribution is -2.50. The molecule has 1 nitrogen and oxygen atoms in total. The number of hydrogen-bond acceptors (Lipinski definition) is 1. The van der Waals surface area contributed by atoms with E-state index in [9.17, 15) is 0 Å². The van der Waals surface area contributed by atoms with Crippen molar-refractivity contribution < 1.29 is 0 Å². The third-order valence-corrected chi connectivity index (χ3v) is 4.65. The minimum absolute atomic E-state index is 0.0598. The summed E-state index contributed by atoms with van der Waals surface area (Å²) in [6.45, 7) is 8.76. The Morgan fingerprint density at radius 1 is 0.700 bits per heavy atom. The Hall–Kier alpha value is -1.60. The molecule has 0 radical (unpaired) electrons. The van der Waals surface area contributed by atoms with E-state index in [1.807, 2.05) is 0 Å². The molecule has 0 spiro atoms. The number of rotatable bonds is 4. The molecule has 0 amide bonds. The van der Waals surface area contributed by atoms with Crippen LogP contribution in [0.3, 0.4) is 0 Å². The fourth-order valence-electron chi connectivity index (χ4n) is 2.69. The van der Waals surface area contributed by atoms with Crippen LogP contribution in [0.5, 0.6) is 0 Å². The molecule has 20 heavy (non-hydrogen) atoms. The van der Waals surface area contributed by atoms with Crippen molar-refractivity contribution in [1.82, 2.24) is 0 Å². The van der Waals surface area contributed by atoms with E-state index in [-0.39, 0.29) is 16.9 Å². The fourth-order valence-corrected chi connectivity index (χ4v) is 2.69. The summed E-state index contributed by atoms with van der Waals surface area (Å²) in [4.78, 5) is 0. The number of benzene rings is 2. The van der Waals surface area contributed by atoms with Gasteiger partial charge in [-0.1, -0.05) is 74.5 Å². The van der Waals surface area contributed by atoms with Crippen molar-refractivity contribution in [1.29, 1.82) is 0 Å². The first-order valence-corrected chi connectivity index (χ1v) is 7.23. The maximum absolute atomic E-state index is 6.49. The normalized spacial score (nSPS) is 12.7. The summed E-state index contributed by atoms with van der Waals surface area (Å²) < 4.78 is 0. The van der Waals surface area contributed by atoms with Crippen molar-refractivity contribution in [3.63, 3.8) is 0 Å². The van der Waals surface area contributed by atoms with Crippen molar-refractivity contribution in [2.45, 2.75) is 39.2 Å². The topological polar surface area (TPSA) is 26.0 Å². The first kappa shape index (κ1) is 14.8. The Bertz CT molecular complexity index is 495. The Balaban J connectivity index is 2.57. The summed E-state index contributed by atoms with van der Waals surface area (Å²) in [6.07, 6.45) is 0. The summed E-state index contributed by atoms with van der Waals surface area (Å²) in [6, 6.07) is 21.3. The van der Waals surface area contributed by atoms with E-state index < -0.39 is 0 Å². The number of nitrogens with two attached hydrogens (primary N) is 1. The van der Waals surface area contributed by atoms with E-state index in [1.54, 1.807) is 0 Å². The molecule has 0 aliphatic heterocycles. The zero-order valence-corrected chi connectivity index (χ0v) is 12.9. The molecular formula is C19H25N. The van der Waals surface area contributed by atoms with Crippen LogP contribution in [0.4, 0.5) is 0 Å². The van der Waals surface area contributed by atoms with E-state index in [2.05, 4.69) is 88.4 Å². The van der Waals surface area contributed by atoms with E-state index in [0.717, 1.165) is 0 Å². The molecule has 106 valence electrons. The van der Waals surface area contributed by atoms with Crippen molar-refractivity contribution in [3.05, 3.63) is 71.8 Å². The molecule has 2 rings (SSSR count). The molecule has 0 aliphatic carbocycles. The molecule has 2 aromatic carbocycles. The monoisotopic (exact) mass is 267 g/mol. The quantitative estimate of drug-likeness (QED) is 0.862. The molecule has 0 unspecified atom stereocenters. The van der Waals surface area contributed by atoms with Crippen LogP contribution in [-0.2, 0) is 0 Å². The molecule has 0 atom stereocenters. The molecule has 0 bridgehead atoms. The van der Waals surface area contributed by atoms with Crippen molar-refractivity contribution in [2.75, 3.05) is 0 Å². The second-order valence-corrected chi connectivity index (χ2v) is 6.70. The second kappa shape index (κ2) is 5.41. The summed E-state index contributed by atoms with van der Waals surface area (Å²) in [5.74, 6) is 0.282. The van der Waals surface area contributed by atoms with Crippen LogP contribution in [0.25, 0.3) is 0 Å². The summed E-state index contributed by atoms with van der Waals surface area (Å²) in [5, 5.41) is 0. The van der Waals surface area contributed by atoms with Gasteiger partial charge in [-0.15, -0.1) is 0 Å². The van der Waals surface area contributed by atoms with Gasteiger partial charge in [0.05, 0.1) is 0 Å². The molecule has 0 heterocycles. The van der Waals surface area contributed by atoms with Crippen LogP contribution >= 0.6 is 0 Å². The molecular weight excluding hydrogens is 242 g/mol. The lowest BCUT2D eigenvalue weighted by molar-refractivity contribution is 0.174. The van der Waals surface area contributed by atoms with E-state index in [0.29, 0.717) is 0 Å². The van der Waals surface area contributed by atoms with Gasteiger partial charge in [0, 0.05) is 11.5 Å². The van der Waals surface area contributed by atoms with Gasteiger partial charge >= 0.3 is 0 Å². The highest BCUT2D eigenvalue weighted by Crippen LogP contribution is 2.46. The maximum atomic E-state index is 6.49. The highest BCUT2D eigenvalue weighted by molar-refractivity contribution is 5.36. The molecule has 0 fully saturated rings. The van der Waals surface area contributed by atoms with Crippen LogP contribution in [0, 0.1) is 5.41 Å². The third-order valence-electron chi connectivity index (χ3n) is 4.65. The van der Waals surface area contributed by atoms with Crippen LogP contribution < -0.4 is 5.73 Å². The van der Waals surface area contributed by atoms with Crippen molar-refractivity contribution in [2.24, 2.45) is 11.1 Å². The fraction of sp³-hybridized carbons (Fsp3) is 0.368. The molecule has 2 N–H and O–H groups in total. The van der Waals surface area contributed by atoms with Crippen LogP contribution in [0.15, 0.2) is 60.7 Å². The second-order valence-electron chi connectivity index (χ2n) is 6.70. The Kier molecular flexibility index (Phi) is 4.01. The number of hydrogen-bond donors (Lipinski definition) is 1. The average Bonchev–Trinajstić information content (AvgIpc) is 2.40. The Morgan fingerprint density at radius 2 is 1.05 bits per heavy atom. The molecule has 0 saturated carbocycles. The van der Waals surface area contributed by atoms with Crippen LogP contribution in [0.2, 0.25) is 0 Å². The Morgan fingerprint density at radius 3 is 1.35 bits per heavy atom. The van der Waals surface area contributed by atoms with Crippen LogP contribution in [-0.4, -0.2) is 5.54 Å². The van der Waals surface area contributed by atoms with Gasteiger partial charge in [0.1, 0.15) is 0 Å². The van der Waals surface area contributed by atoms with E-state index in [1.165, 1.54) is 11.1 Å². The van der Waals surface area contributed by atoms with Gasteiger partial charge in [-0.2, -0.15) is 0 Å². The molecule has 0 saturated heterocycles. The van der Waals surface area contributed by atoms with Crippen molar-refractivity contribution >= 4 is 0 Å². The lowest BCUT2D eigenvalue weighted by atomic mass is 9.62. The van der Waals surface area contributed by atoms with Gasteiger partial charge in [-0.25, -0.2) is 0 Å². The SMILES string of the molecule is CC(C)(N)C(C)(C)C(c1ccccc1)c1ccccc1. The standard InChI is InChI=1S/C19H25N/c1-18(2,19(3,4)20)17(15-11-7-5-8-12-15)16-13-9-6-10-14-16/h5-14,17H,20H2,1-4H3. The van der Waals surface area contributed by atoms with E-state index in [4.69, 9.17) is 5.73 Å². The van der Waals surface area contributed by atoms with Gasteiger partial charge in [-0.05, 0) is 30.4 Å². The summed E-state index contributed by atoms with van der Waals surface area (Å²) >= 11 is 0. The highest BCUT2D eigenvalue weighted by Gasteiger charge is 2.41. The predicted molar refractivity (Wildman–Crippen MR) is 86.8 cm³/mol. The minimum Gasteiger partial charge on any atom is -0.325 e.